The molecule has 0 atom stereocenters. The first-order valence-corrected chi connectivity index (χ1v) is 6.52. The van der Waals surface area contributed by atoms with Crippen LogP contribution in [0.4, 0.5) is 0 Å². The number of benzene rings is 1. The van der Waals surface area contributed by atoms with Gasteiger partial charge in [0.25, 0.3) is 0 Å². The summed E-state index contributed by atoms with van der Waals surface area (Å²) in [6.07, 6.45) is 3.84. The minimum absolute atomic E-state index is 0.378. The van der Waals surface area contributed by atoms with Crippen LogP contribution < -0.4 is 0 Å². The SMILES string of the molecule is Clc1cccc(C23CC(I)(C2)C3)c1Cl. The van der Waals surface area contributed by atoms with Crippen LogP contribution in [0.25, 0.3) is 0 Å². The van der Waals surface area contributed by atoms with Crippen LogP contribution in [0.1, 0.15) is 24.8 Å². The number of halogens is 3. The Labute approximate surface area is 107 Å². The first-order chi connectivity index (χ1) is 6.55. The molecule has 0 aliphatic heterocycles. The highest BCUT2D eigenvalue weighted by Gasteiger charge is 2.67. The van der Waals surface area contributed by atoms with Crippen LogP contribution in [0.5, 0.6) is 0 Å². The van der Waals surface area contributed by atoms with Crippen molar-refractivity contribution in [1.82, 2.24) is 0 Å². The Bertz CT molecular complexity index is 394. The zero-order valence-electron chi connectivity index (χ0n) is 7.49. The molecule has 3 fully saturated rings. The highest BCUT2D eigenvalue weighted by Crippen LogP contribution is 2.73. The molecule has 0 nitrogen and oxygen atoms in total. The van der Waals surface area contributed by atoms with Crippen LogP contribution in [0.2, 0.25) is 10.0 Å². The molecule has 0 aromatic heterocycles. The van der Waals surface area contributed by atoms with E-state index < -0.39 is 0 Å². The van der Waals surface area contributed by atoms with E-state index in [-0.39, 0.29) is 0 Å². The van der Waals surface area contributed by atoms with Crippen molar-refractivity contribution in [3.8, 4) is 0 Å². The lowest BCUT2D eigenvalue weighted by Gasteiger charge is -2.68. The maximum atomic E-state index is 6.23. The van der Waals surface area contributed by atoms with E-state index >= 15 is 0 Å². The van der Waals surface area contributed by atoms with Crippen molar-refractivity contribution in [3.05, 3.63) is 33.8 Å². The molecule has 0 N–H and O–H groups in total. The highest BCUT2D eigenvalue weighted by molar-refractivity contribution is 14.1. The molecule has 0 heterocycles. The van der Waals surface area contributed by atoms with Gasteiger partial charge in [0.2, 0.25) is 0 Å². The number of alkyl halides is 1. The van der Waals surface area contributed by atoms with E-state index in [1.54, 1.807) is 0 Å². The summed E-state index contributed by atoms with van der Waals surface area (Å²) in [5.41, 5.74) is 1.65. The second-order valence-corrected chi connectivity index (χ2v) is 7.64. The third-order valence-corrected chi connectivity index (χ3v) is 5.45. The molecule has 0 spiro atoms. The van der Waals surface area contributed by atoms with Gasteiger partial charge in [-0.25, -0.2) is 0 Å². The summed E-state index contributed by atoms with van der Waals surface area (Å²) in [6, 6.07) is 5.99. The van der Waals surface area contributed by atoms with Gasteiger partial charge >= 0.3 is 0 Å². The summed E-state index contributed by atoms with van der Waals surface area (Å²) in [5.74, 6) is 0. The summed E-state index contributed by atoms with van der Waals surface area (Å²) < 4.78 is 0.587. The Morgan fingerprint density at radius 3 is 2.36 bits per heavy atom. The fraction of sp³-hybridized carbons (Fsp3) is 0.455. The van der Waals surface area contributed by atoms with Crippen molar-refractivity contribution in [2.75, 3.05) is 0 Å². The molecule has 0 unspecified atom stereocenters. The third kappa shape index (κ3) is 1.12. The normalized spacial score (nSPS) is 38.8. The zero-order chi connectivity index (χ0) is 9.97. The molecule has 1 aromatic carbocycles. The number of rotatable bonds is 1. The van der Waals surface area contributed by atoms with Crippen LogP contribution in [-0.4, -0.2) is 3.42 Å². The van der Waals surface area contributed by atoms with Crippen molar-refractivity contribution in [3.63, 3.8) is 0 Å². The Hall–Kier alpha value is 0.530. The largest absolute Gasteiger partial charge is 0.0827 e. The molecule has 0 saturated heterocycles. The van der Waals surface area contributed by atoms with Crippen molar-refractivity contribution in [2.45, 2.75) is 28.1 Å². The highest BCUT2D eigenvalue weighted by atomic mass is 127. The zero-order valence-corrected chi connectivity index (χ0v) is 11.2. The summed E-state index contributed by atoms with van der Waals surface area (Å²) in [5, 5.41) is 1.46. The molecule has 3 saturated carbocycles. The molecule has 3 heteroatoms. The van der Waals surface area contributed by atoms with Gasteiger partial charge in [0.15, 0.2) is 0 Å². The van der Waals surface area contributed by atoms with E-state index in [9.17, 15) is 0 Å². The summed E-state index contributed by atoms with van der Waals surface area (Å²) in [4.78, 5) is 0. The Kier molecular flexibility index (Phi) is 1.95. The molecule has 3 aliphatic carbocycles. The van der Waals surface area contributed by atoms with Crippen molar-refractivity contribution in [2.24, 2.45) is 0 Å². The van der Waals surface area contributed by atoms with Gasteiger partial charge in [-0.1, -0.05) is 57.9 Å². The van der Waals surface area contributed by atoms with Crippen molar-refractivity contribution in [1.29, 1.82) is 0 Å². The standard InChI is InChI=1S/C11H9Cl2I/c12-8-3-1-2-7(9(8)13)10-4-11(14,5-10)6-10/h1-3H,4-6H2. The minimum Gasteiger partial charge on any atom is -0.0827 e. The van der Waals surface area contributed by atoms with Gasteiger partial charge in [-0.05, 0) is 30.9 Å². The Morgan fingerprint density at radius 1 is 1.14 bits per heavy atom. The maximum absolute atomic E-state index is 6.23. The van der Waals surface area contributed by atoms with E-state index in [0.29, 0.717) is 13.9 Å². The fourth-order valence-electron chi connectivity index (χ4n) is 2.86. The van der Waals surface area contributed by atoms with Gasteiger partial charge in [-0.3, -0.25) is 0 Å². The van der Waals surface area contributed by atoms with E-state index in [0.717, 1.165) is 5.02 Å². The number of hydrogen-bond donors (Lipinski definition) is 0. The van der Waals surface area contributed by atoms with Gasteiger partial charge in [-0.2, -0.15) is 0 Å². The monoisotopic (exact) mass is 338 g/mol. The Morgan fingerprint density at radius 2 is 1.79 bits per heavy atom. The molecular weight excluding hydrogens is 330 g/mol. The molecule has 2 bridgehead atoms. The molecule has 74 valence electrons. The first kappa shape index (κ1) is 9.73. The van der Waals surface area contributed by atoms with Crippen molar-refractivity contribution < 1.29 is 0 Å². The predicted octanol–water partition coefficient (Wildman–Crippen LogP) is 4.60. The Balaban J connectivity index is 2.02. The summed E-state index contributed by atoms with van der Waals surface area (Å²) in [6.45, 7) is 0. The second kappa shape index (κ2) is 2.80. The van der Waals surface area contributed by atoms with E-state index in [4.69, 9.17) is 23.2 Å². The second-order valence-electron chi connectivity index (χ2n) is 4.56. The van der Waals surface area contributed by atoms with Crippen LogP contribution in [-0.2, 0) is 5.41 Å². The lowest BCUT2D eigenvalue weighted by molar-refractivity contribution is 0.0221. The quantitative estimate of drug-likeness (QED) is 0.518. The van der Waals surface area contributed by atoms with Crippen molar-refractivity contribution >= 4 is 45.8 Å². The number of hydrogen-bond acceptors (Lipinski definition) is 0. The topological polar surface area (TPSA) is 0 Å². The lowest BCUT2D eigenvalue weighted by atomic mass is 9.42. The molecule has 0 amide bonds. The summed E-state index contributed by atoms with van der Waals surface area (Å²) in [7, 11) is 0. The van der Waals surface area contributed by atoms with Gasteiger partial charge in [0.05, 0.1) is 10.0 Å². The average molecular weight is 339 g/mol. The van der Waals surface area contributed by atoms with Gasteiger partial charge < -0.3 is 0 Å². The summed E-state index contributed by atoms with van der Waals surface area (Å²) >= 11 is 14.8. The van der Waals surface area contributed by atoms with Crippen LogP contribution in [0.3, 0.4) is 0 Å². The van der Waals surface area contributed by atoms with E-state index in [1.807, 2.05) is 12.1 Å². The molecule has 14 heavy (non-hydrogen) atoms. The smallest absolute Gasteiger partial charge is 0.0629 e. The first-order valence-electron chi connectivity index (χ1n) is 4.68. The fourth-order valence-corrected chi connectivity index (χ4v) is 5.55. The van der Waals surface area contributed by atoms with Gasteiger partial charge in [0.1, 0.15) is 0 Å². The van der Waals surface area contributed by atoms with Gasteiger partial charge in [0, 0.05) is 8.84 Å². The molecule has 0 radical (unpaired) electrons. The van der Waals surface area contributed by atoms with E-state index in [1.165, 1.54) is 24.8 Å². The van der Waals surface area contributed by atoms with Crippen LogP contribution in [0, 0.1) is 0 Å². The molecule has 1 aromatic rings. The van der Waals surface area contributed by atoms with Crippen LogP contribution in [0.15, 0.2) is 18.2 Å². The predicted molar refractivity (Wildman–Crippen MR) is 68.7 cm³/mol. The van der Waals surface area contributed by atoms with Crippen LogP contribution >= 0.6 is 45.8 Å². The van der Waals surface area contributed by atoms with Gasteiger partial charge in [-0.15, -0.1) is 0 Å². The average Bonchev–Trinajstić information content (AvgIpc) is 2.03. The van der Waals surface area contributed by atoms with E-state index in [2.05, 4.69) is 28.7 Å². The minimum atomic E-state index is 0.378. The molecule has 3 aliphatic rings. The molecule has 4 rings (SSSR count). The lowest BCUT2D eigenvalue weighted by Crippen LogP contribution is -2.66. The third-order valence-electron chi connectivity index (χ3n) is 3.49. The maximum Gasteiger partial charge on any atom is 0.0629 e. The molecular formula is C11H9Cl2I.